The highest BCUT2D eigenvalue weighted by molar-refractivity contribution is 6.13. The Morgan fingerprint density at radius 2 is 0.689 bits per heavy atom. The first-order valence-electron chi connectivity index (χ1n) is 21.2. The molecule has 0 atom stereocenters. The number of fused-ring (bicyclic) bond motifs is 8. The van der Waals surface area contributed by atoms with Crippen LogP contribution in [0.2, 0.25) is 0 Å². The largest absolute Gasteiger partial charge is 0.228 e. The van der Waals surface area contributed by atoms with Crippen molar-refractivity contribution in [2.45, 2.75) is 19.3 Å². The van der Waals surface area contributed by atoms with Crippen LogP contribution in [-0.4, -0.2) is 9.97 Å². The van der Waals surface area contributed by atoms with Crippen LogP contribution in [-0.2, 0) is 5.41 Å². The molecule has 0 radical (unpaired) electrons. The van der Waals surface area contributed by atoms with E-state index in [1.54, 1.807) is 0 Å². The van der Waals surface area contributed by atoms with Gasteiger partial charge in [0.05, 0.1) is 11.4 Å². The molecule has 1 aliphatic rings. The van der Waals surface area contributed by atoms with E-state index in [-0.39, 0.29) is 5.41 Å². The van der Waals surface area contributed by atoms with Crippen LogP contribution in [0.3, 0.4) is 0 Å². The summed E-state index contributed by atoms with van der Waals surface area (Å²) < 4.78 is 0. The number of nitrogens with zero attached hydrogens (tertiary/aromatic N) is 2. The Morgan fingerprint density at radius 1 is 0.295 bits per heavy atom. The lowest BCUT2D eigenvalue weighted by atomic mass is 9.76. The summed E-state index contributed by atoms with van der Waals surface area (Å²) in [4.78, 5) is 10.5. The summed E-state index contributed by atoms with van der Waals surface area (Å²) in [6.07, 6.45) is 0. The summed E-state index contributed by atoms with van der Waals surface area (Å²) >= 11 is 0. The molecule has 0 saturated heterocycles. The highest BCUT2D eigenvalue weighted by Gasteiger charge is 2.39. The summed E-state index contributed by atoms with van der Waals surface area (Å²) in [7, 11) is 0. The molecule has 0 bridgehead atoms. The van der Waals surface area contributed by atoms with Crippen LogP contribution in [0.1, 0.15) is 25.0 Å². The zero-order valence-corrected chi connectivity index (χ0v) is 34.0. The van der Waals surface area contributed by atoms with E-state index < -0.39 is 0 Å². The third-order valence-electron chi connectivity index (χ3n) is 13.1. The molecule has 1 heterocycles. The molecule has 0 aliphatic heterocycles. The maximum absolute atomic E-state index is 5.29. The first-order valence-corrected chi connectivity index (χ1v) is 21.2. The zero-order valence-electron chi connectivity index (χ0n) is 34.0. The van der Waals surface area contributed by atoms with Crippen molar-refractivity contribution in [2.75, 3.05) is 0 Å². The Kier molecular flexibility index (Phi) is 7.92. The van der Waals surface area contributed by atoms with Gasteiger partial charge >= 0.3 is 0 Å². The van der Waals surface area contributed by atoms with E-state index in [2.05, 4.69) is 214 Å². The van der Waals surface area contributed by atoms with E-state index in [0.29, 0.717) is 5.82 Å². The third kappa shape index (κ3) is 5.49. The van der Waals surface area contributed by atoms with Gasteiger partial charge in [-0.25, -0.2) is 9.97 Å². The van der Waals surface area contributed by atoms with Crippen LogP contribution in [0.5, 0.6) is 0 Å². The number of hydrogen-bond donors (Lipinski definition) is 0. The minimum atomic E-state index is -0.178. The van der Waals surface area contributed by atoms with Crippen molar-refractivity contribution in [2.24, 2.45) is 0 Å². The van der Waals surface area contributed by atoms with Gasteiger partial charge in [-0.15, -0.1) is 0 Å². The van der Waals surface area contributed by atoms with E-state index in [4.69, 9.17) is 9.97 Å². The normalized spacial score (nSPS) is 12.9. The molecule has 0 fully saturated rings. The number of rotatable bonds is 5. The first-order chi connectivity index (χ1) is 30.0. The molecule has 61 heavy (non-hydrogen) atoms. The molecule has 0 N–H and O–H groups in total. The topological polar surface area (TPSA) is 25.8 Å². The van der Waals surface area contributed by atoms with Gasteiger partial charge in [-0.1, -0.05) is 214 Å². The lowest BCUT2D eigenvalue weighted by Gasteiger charge is -2.26. The molecule has 2 nitrogen and oxygen atoms in total. The summed E-state index contributed by atoms with van der Waals surface area (Å²) in [5.41, 5.74) is 15.3. The second-order valence-electron chi connectivity index (χ2n) is 16.8. The fourth-order valence-electron chi connectivity index (χ4n) is 10.4. The number of benzene rings is 10. The Balaban J connectivity index is 1.03. The van der Waals surface area contributed by atoms with Gasteiger partial charge in [-0.05, 0) is 93.7 Å². The van der Waals surface area contributed by atoms with Gasteiger partial charge in [0, 0.05) is 22.1 Å². The number of aromatic nitrogens is 2. The molecule has 11 aromatic rings. The maximum Gasteiger partial charge on any atom is 0.160 e. The van der Waals surface area contributed by atoms with Crippen molar-refractivity contribution in [3.8, 4) is 67.3 Å². The molecular weight excluding hydrogens is 737 g/mol. The second-order valence-corrected chi connectivity index (χ2v) is 16.8. The molecule has 0 unspecified atom stereocenters. The Bertz CT molecular complexity index is 3560. The van der Waals surface area contributed by atoms with Crippen LogP contribution in [0.15, 0.2) is 206 Å². The average Bonchev–Trinajstić information content (AvgIpc) is 3.57. The average molecular weight is 777 g/mol. The van der Waals surface area contributed by atoms with Gasteiger partial charge in [0.15, 0.2) is 5.82 Å². The van der Waals surface area contributed by atoms with Crippen molar-refractivity contribution in [3.63, 3.8) is 0 Å². The summed E-state index contributed by atoms with van der Waals surface area (Å²) in [6, 6.07) is 74.8. The first kappa shape index (κ1) is 35.3. The fraction of sp³-hybridized carbons (Fsp3) is 0.0508. The molecule has 1 aromatic heterocycles. The van der Waals surface area contributed by atoms with Crippen LogP contribution in [0.4, 0.5) is 0 Å². The lowest BCUT2D eigenvalue weighted by Crippen LogP contribution is -2.17. The smallest absolute Gasteiger partial charge is 0.160 e. The van der Waals surface area contributed by atoms with Gasteiger partial charge in [0.1, 0.15) is 0 Å². The van der Waals surface area contributed by atoms with E-state index >= 15 is 0 Å². The summed E-state index contributed by atoms with van der Waals surface area (Å²) in [5.74, 6) is 0.711. The summed E-state index contributed by atoms with van der Waals surface area (Å²) in [5, 5.41) is 9.82. The van der Waals surface area contributed by atoms with E-state index in [0.717, 1.165) is 33.5 Å². The predicted molar refractivity (Wildman–Crippen MR) is 257 cm³/mol. The van der Waals surface area contributed by atoms with E-state index in [1.807, 2.05) is 6.07 Å². The molecule has 286 valence electrons. The zero-order chi connectivity index (χ0) is 40.7. The van der Waals surface area contributed by atoms with Gasteiger partial charge in [0.2, 0.25) is 0 Å². The fourth-order valence-corrected chi connectivity index (χ4v) is 10.4. The Labute approximate surface area is 355 Å². The highest BCUT2D eigenvalue weighted by atomic mass is 14.9. The van der Waals surface area contributed by atoms with Crippen LogP contribution in [0, 0.1) is 0 Å². The lowest BCUT2D eigenvalue weighted by molar-refractivity contribution is 0.668. The minimum Gasteiger partial charge on any atom is -0.228 e. The quantitative estimate of drug-likeness (QED) is 0.174. The number of hydrogen-bond acceptors (Lipinski definition) is 2. The van der Waals surface area contributed by atoms with Gasteiger partial charge < -0.3 is 0 Å². The summed E-state index contributed by atoms with van der Waals surface area (Å²) in [6.45, 7) is 4.81. The highest BCUT2D eigenvalue weighted by Crippen LogP contribution is 2.55. The molecular formula is C59H40N2. The van der Waals surface area contributed by atoms with Gasteiger partial charge in [0.25, 0.3) is 0 Å². The SMILES string of the molecule is CC1(C)c2c(cccc2-c2ccc(-c3ccc(-c4cc(-c5cccc6ccccc56)nc(-c5ccccc5)n4)c4ccccc34)c3ccccc23)-c2ccc3ccccc3c21. The predicted octanol–water partition coefficient (Wildman–Crippen LogP) is 15.7. The standard InChI is InChI=1S/C59H40N2/c1-59(2)56-41-22-9-7-17-38(41)30-31-53(56)52-29-15-28-51(57(52)59)48-33-32-46(42-23-10-11-24-43(42)48)47-34-35-50(45-26-13-12-25-44(45)47)55-36-54(60-58(61-55)39-18-4-3-5-19-39)49-27-14-20-37-16-6-8-21-40(37)49/h3-36H,1-2H3. The van der Waals surface area contributed by atoms with Gasteiger partial charge in [-0.2, -0.15) is 0 Å². The molecule has 0 spiro atoms. The maximum atomic E-state index is 5.29. The third-order valence-corrected chi connectivity index (χ3v) is 13.1. The molecule has 0 amide bonds. The molecule has 1 aliphatic carbocycles. The van der Waals surface area contributed by atoms with Crippen molar-refractivity contribution in [1.29, 1.82) is 0 Å². The van der Waals surface area contributed by atoms with Crippen molar-refractivity contribution in [3.05, 3.63) is 217 Å². The van der Waals surface area contributed by atoms with Crippen molar-refractivity contribution < 1.29 is 0 Å². The minimum absolute atomic E-state index is 0.178. The molecule has 2 heteroatoms. The van der Waals surface area contributed by atoms with Crippen LogP contribution >= 0.6 is 0 Å². The Morgan fingerprint density at radius 3 is 1.33 bits per heavy atom. The van der Waals surface area contributed by atoms with Crippen molar-refractivity contribution >= 4 is 43.1 Å². The van der Waals surface area contributed by atoms with Crippen LogP contribution < -0.4 is 0 Å². The molecule has 0 saturated carbocycles. The van der Waals surface area contributed by atoms with E-state index in [9.17, 15) is 0 Å². The Hall–Kier alpha value is -7.68. The molecule has 10 aromatic carbocycles. The second kappa shape index (κ2) is 13.7. The monoisotopic (exact) mass is 776 g/mol. The van der Waals surface area contributed by atoms with Gasteiger partial charge in [-0.3, -0.25) is 0 Å². The van der Waals surface area contributed by atoms with Crippen molar-refractivity contribution in [1.82, 2.24) is 9.97 Å². The van der Waals surface area contributed by atoms with E-state index in [1.165, 1.54) is 82.2 Å². The van der Waals surface area contributed by atoms with Crippen LogP contribution in [0.25, 0.3) is 110 Å². The molecule has 12 rings (SSSR count).